The topological polar surface area (TPSA) is 62.6 Å². The van der Waals surface area contributed by atoms with Crippen molar-refractivity contribution in [3.8, 4) is 16.9 Å². The number of hydrogen-bond acceptors (Lipinski definition) is 6. The van der Waals surface area contributed by atoms with Crippen LogP contribution in [0.3, 0.4) is 0 Å². The summed E-state index contributed by atoms with van der Waals surface area (Å²) in [6.07, 6.45) is 0.576. The van der Waals surface area contributed by atoms with Gasteiger partial charge in [-0.2, -0.15) is 0 Å². The third kappa shape index (κ3) is 3.90. The molecule has 3 aromatic rings. The van der Waals surface area contributed by atoms with Gasteiger partial charge in [0.15, 0.2) is 0 Å². The molecule has 0 fully saturated rings. The fraction of sp³-hybridized carbons (Fsp3) is 0.400. The van der Waals surface area contributed by atoms with Crippen molar-refractivity contribution in [3.05, 3.63) is 45.3 Å². The quantitative estimate of drug-likeness (QED) is 0.593. The first-order chi connectivity index (χ1) is 13.1. The molecule has 3 rings (SSSR count). The van der Waals surface area contributed by atoms with Crippen LogP contribution in [0.15, 0.2) is 28.4 Å². The van der Waals surface area contributed by atoms with E-state index in [1.807, 2.05) is 30.5 Å². The number of benzene rings is 1. The smallest absolute Gasteiger partial charge is 0.262 e. The van der Waals surface area contributed by atoms with Crippen LogP contribution >= 0.6 is 11.3 Å². The molecule has 2 aromatic heterocycles. The lowest BCUT2D eigenvalue weighted by Gasteiger charge is -2.13. The summed E-state index contributed by atoms with van der Waals surface area (Å²) in [7, 11) is 4.91. The van der Waals surface area contributed by atoms with Crippen LogP contribution in [-0.4, -0.2) is 44.1 Å². The molecule has 0 aliphatic carbocycles. The highest BCUT2D eigenvalue weighted by Gasteiger charge is 2.19. The van der Waals surface area contributed by atoms with Crippen molar-refractivity contribution in [3.63, 3.8) is 0 Å². The minimum Gasteiger partial charge on any atom is -0.496 e. The maximum atomic E-state index is 13.4. The zero-order valence-electron chi connectivity index (χ0n) is 16.1. The maximum absolute atomic E-state index is 13.4. The molecule has 0 aliphatic heterocycles. The SMILES string of the molecule is COCCc1nc2scc(-c3cc(C)ccc3OC)c2c(=O)n1CCOC. The molecule has 0 saturated heterocycles. The van der Waals surface area contributed by atoms with Crippen molar-refractivity contribution in [2.45, 2.75) is 19.9 Å². The number of fused-ring (bicyclic) bond motifs is 1. The summed E-state index contributed by atoms with van der Waals surface area (Å²) in [6, 6.07) is 5.96. The average molecular weight is 388 g/mol. The third-order valence-electron chi connectivity index (χ3n) is 4.47. The van der Waals surface area contributed by atoms with Crippen LogP contribution in [-0.2, 0) is 22.4 Å². The first kappa shape index (κ1) is 19.5. The first-order valence-corrected chi connectivity index (χ1v) is 9.62. The van der Waals surface area contributed by atoms with Crippen molar-refractivity contribution in [2.75, 3.05) is 34.5 Å². The van der Waals surface area contributed by atoms with Crippen molar-refractivity contribution in [2.24, 2.45) is 0 Å². The number of hydrogen-bond donors (Lipinski definition) is 0. The number of rotatable bonds is 8. The molecule has 6 nitrogen and oxygen atoms in total. The fourth-order valence-corrected chi connectivity index (χ4v) is 4.04. The number of aromatic nitrogens is 2. The molecule has 1 aromatic carbocycles. The molecule has 0 radical (unpaired) electrons. The number of ether oxygens (including phenoxy) is 3. The minimum absolute atomic E-state index is 0.0528. The number of aryl methyl sites for hydroxylation is 1. The second-order valence-electron chi connectivity index (χ2n) is 6.25. The second-order valence-corrected chi connectivity index (χ2v) is 7.11. The number of methoxy groups -OCH3 is 3. The van der Waals surface area contributed by atoms with Gasteiger partial charge in [-0.25, -0.2) is 4.98 Å². The number of nitrogens with zero attached hydrogens (tertiary/aromatic N) is 2. The van der Waals surface area contributed by atoms with Gasteiger partial charge < -0.3 is 14.2 Å². The number of thiophene rings is 1. The maximum Gasteiger partial charge on any atom is 0.262 e. The van der Waals surface area contributed by atoms with E-state index in [0.29, 0.717) is 31.6 Å². The van der Waals surface area contributed by atoms with Gasteiger partial charge in [-0.3, -0.25) is 9.36 Å². The molecule has 0 amide bonds. The highest BCUT2D eigenvalue weighted by atomic mass is 32.1. The van der Waals surface area contributed by atoms with Crippen LogP contribution in [0, 0.1) is 6.92 Å². The Kier molecular flexibility index (Phi) is 6.26. The van der Waals surface area contributed by atoms with Crippen LogP contribution < -0.4 is 10.3 Å². The lowest BCUT2D eigenvalue weighted by atomic mass is 10.0. The van der Waals surface area contributed by atoms with E-state index in [1.165, 1.54) is 11.3 Å². The normalized spacial score (nSPS) is 11.3. The molecule has 0 bridgehead atoms. The zero-order valence-corrected chi connectivity index (χ0v) is 16.9. The molecule has 0 atom stereocenters. The predicted octanol–water partition coefficient (Wildman–Crippen LogP) is 3.28. The van der Waals surface area contributed by atoms with Gasteiger partial charge in [0.25, 0.3) is 5.56 Å². The lowest BCUT2D eigenvalue weighted by molar-refractivity contribution is 0.180. The highest BCUT2D eigenvalue weighted by molar-refractivity contribution is 7.17. The van der Waals surface area contributed by atoms with E-state index < -0.39 is 0 Å². The lowest BCUT2D eigenvalue weighted by Crippen LogP contribution is -2.27. The Morgan fingerprint density at radius 1 is 1.11 bits per heavy atom. The Morgan fingerprint density at radius 3 is 2.59 bits per heavy atom. The van der Waals surface area contributed by atoms with E-state index in [4.69, 9.17) is 19.2 Å². The molecule has 27 heavy (non-hydrogen) atoms. The summed E-state index contributed by atoms with van der Waals surface area (Å²) >= 11 is 1.48. The Hall–Kier alpha value is -2.22. The van der Waals surface area contributed by atoms with Crippen LogP contribution in [0.2, 0.25) is 0 Å². The zero-order chi connectivity index (χ0) is 19.4. The molecular formula is C20H24N2O4S. The largest absolute Gasteiger partial charge is 0.496 e. The van der Waals surface area contributed by atoms with Gasteiger partial charge in [-0.15, -0.1) is 11.3 Å². The minimum atomic E-state index is -0.0528. The molecule has 7 heteroatoms. The molecule has 144 valence electrons. The molecule has 0 aliphatic rings. The van der Waals surface area contributed by atoms with Crippen molar-refractivity contribution in [1.82, 2.24) is 9.55 Å². The van der Waals surface area contributed by atoms with E-state index in [1.54, 1.807) is 25.9 Å². The van der Waals surface area contributed by atoms with Gasteiger partial charge in [0.05, 0.1) is 32.3 Å². The van der Waals surface area contributed by atoms with E-state index >= 15 is 0 Å². The van der Waals surface area contributed by atoms with Crippen molar-refractivity contribution >= 4 is 21.6 Å². The van der Waals surface area contributed by atoms with Crippen LogP contribution in [0.4, 0.5) is 0 Å². The van der Waals surface area contributed by atoms with Gasteiger partial charge >= 0.3 is 0 Å². The first-order valence-electron chi connectivity index (χ1n) is 8.74. The molecule has 0 unspecified atom stereocenters. The molecule has 0 spiro atoms. The molecule has 2 heterocycles. The average Bonchev–Trinajstić information content (AvgIpc) is 3.09. The monoisotopic (exact) mass is 388 g/mol. The molecule has 0 saturated carbocycles. The van der Waals surface area contributed by atoms with Gasteiger partial charge in [0, 0.05) is 37.1 Å². The Morgan fingerprint density at radius 2 is 1.89 bits per heavy atom. The summed E-state index contributed by atoms with van der Waals surface area (Å²) in [5.74, 6) is 1.46. The van der Waals surface area contributed by atoms with Crippen molar-refractivity contribution in [1.29, 1.82) is 0 Å². The summed E-state index contributed by atoms with van der Waals surface area (Å²) in [6.45, 7) is 3.43. The van der Waals surface area contributed by atoms with Crippen LogP contribution in [0.25, 0.3) is 21.3 Å². The predicted molar refractivity (Wildman–Crippen MR) is 108 cm³/mol. The van der Waals surface area contributed by atoms with E-state index in [2.05, 4.69) is 0 Å². The van der Waals surface area contributed by atoms with Gasteiger partial charge in [0.2, 0.25) is 0 Å². The Balaban J connectivity index is 2.23. The highest BCUT2D eigenvalue weighted by Crippen LogP contribution is 2.37. The van der Waals surface area contributed by atoms with Crippen molar-refractivity contribution < 1.29 is 14.2 Å². The van der Waals surface area contributed by atoms with Gasteiger partial charge in [-0.05, 0) is 19.1 Å². The standard InChI is InChI=1S/C20H24N2O4S/c1-13-5-6-16(26-4)14(11-13)15-12-27-19-18(15)20(23)22(8-10-25-3)17(21-19)7-9-24-2/h5-6,11-12H,7-10H2,1-4H3. The van der Waals surface area contributed by atoms with Crippen LogP contribution in [0.1, 0.15) is 11.4 Å². The van der Waals surface area contributed by atoms with Gasteiger partial charge in [-0.1, -0.05) is 11.6 Å². The van der Waals surface area contributed by atoms with E-state index in [9.17, 15) is 4.79 Å². The summed E-state index contributed by atoms with van der Waals surface area (Å²) in [5, 5.41) is 2.61. The fourth-order valence-electron chi connectivity index (χ4n) is 3.09. The molecule has 0 N–H and O–H groups in total. The summed E-state index contributed by atoms with van der Waals surface area (Å²) < 4.78 is 17.6. The summed E-state index contributed by atoms with van der Waals surface area (Å²) in [4.78, 5) is 18.8. The van der Waals surface area contributed by atoms with Gasteiger partial charge in [0.1, 0.15) is 16.4 Å². The Labute approximate surface area is 162 Å². The third-order valence-corrected chi connectivity index (χ3v) is 5.34. The summed E-state index contributed by atoms with van der Waals surface area (Å²) in [5.41, 5.74) is 2.82. The molecular weight excluding hydrogens is 364 g/mol. The Bertz CT molecular complexity index is 994. The second kappa shape index (κ2) is 8.65. The van der Waals surface area contributed by atoms with E-state index in [0.717, 1.165) is 33.1 Å². The van der Waals surface area contributed by atoms with Crippen LogP contribution in [0.5, 0.6) is 5.75 Å². The van der Waals surface area contributed by atoms with E-state index in [-0.39, 0.29) is 5.56 Å².